The molecule has 1 aromatic carbocycles. The summed E-state index contributed by atoms with van der Waals surface area (Å²) in [6.45, 7) is 6.12. The summed E-state index contributed by atoms with van der Waals surface area (Å²) >= 11 is 0. The van der Waals surface area contributed by atoms with Crippen molar-refractivity contribution in [2.24, 2.45) is 5.92 Å². The smallest absolute Gasteiger partial charge is 0.409 e. The van der Waals surface area contributed by atoms with Crippen molar-refractivity contribution in [2.45, 2.75) is 39.5 Å². The number of ether oxygens (including phenoxy) is 1. The second-order valence-electron chi connectivity index (χ2n) is 6.16. The largest absolute Gasteiger partial charge is 0.450 e. The van der Waals surface area contributed by atoms with Gasteiger partial charge in [0.1, 0.15) is 0 Å². The number of unbranched alkanes of at least 4 members (excludes halogenated alkanes) is 1. The fourth-order valence-electron chi connectivity index (χ4n) is 3.07. The first-order chi connectivity index (χ1) is 11.7. The van der Waals surface area contributed by atoms with Gasteiger partial charge in [-0.3, -0.25) is 4.79 Å². The maximum atomic E-state index is 13.1. The number of hydrogen-bond acceptors (Lipinski definition) is 3. The summed E-state index contributed by atoms with van der Waals surface area (Å²) < 4.78 is 5.08. The lowest BCUT2D eigenvalue weighted by Crippen LogP contribution is -2.47. The molecule has 2 amide bonds. The maximum Gasteiger partial charge on any atom is 0.409 e. The predicted octanol–water partition coefficient (Wildman–Crippen LogP) is 3.69. The molecule has 0 spiro atoms. The van der Waals surface area contributed by atoms with Crippen LogP contribution in [0.3, 0.4) is 0 Å². The number of piperidine rings is 1. The zero-order valence-electron chi connectivity index (χ0n) is 14.7. The van der Waals surface area contributed by atoms with Crippen LogP contribution in [0.2, 0.25) is 0 Å². The third-order valence-electron chi connectivity index (χ3n) is 4.37. The average Bonchev–Trinajstić information content (AvgIpc) is 2.63. The summed E-state index contributed by atoms with van der Waals surface area (Å²) in [7, 11) is 0. The van der Waals surface area contributed by atoms with Gasteiger partial charge in [0, 0.05) is 25.3 Å². The van der Waals surface area contributed by atoms with E-state index in [0.29, 0.717) is 19.7 Å². The van der Waals surface area contributed by atoms with Crippen molar-refractivity contribution >= 4 is 17.7 Å². The van der Waals surface area contributed by atoms with E-state index in [1.807, 2.05) is 35.2 Å². The van der Waals surface area contributed by atoms with Crippen molar-refractivity contribution < 1.29 is 14.3 Å². The fourth-order valence-corrected chi connectivity index (χ4v) is 3.07. The summed E-state index contributed by atoms with van der Waals surface area (Å²) in [5, 5.41) is 0. The number of carbonyl (C=O) groups excluding carboxylic acids is 2. The highest BCUT2D eigenvalue weighted by Gasteiger charge is 2.32. The van der Waals surface area contributed by atoms with Gasteiger partial charge in [-0.2, -0.15) is 0 Å². The molecule has 1 saturated heterocycles. The molecule has 0 N–H and O–H groups in total. The van der Waals surface area contributed by atoms with Gasteiger partial charge in [-0.1, -0.05) is 31.5 Å². The molecule has 24 heavy (non-hydrogen) atoms. The number of para-hydroxylation sites is 1. The number of hydrogen-bond donors (Lipinski definition) is 0. The third kappa shape index (κ3) is 4.73. The monoisotopic (exact) mass is 332 g/mol. The molecule has 1 aliphatic heterocycles. The van der Waals surface area contributed by atoms with Gasteiger partial charge in [-0.05, 0) is 38.3 Å². The Hall–Kier alpha value is -2.04. The molecule has 5 nitrogen and oxygen atoms in total. The molecule has 0 saturated carbocycles. The van der Waals surface area contributed by atoms with E-state index >= 15 is 0 Å². The minimum absolute atomic E-state index is 0.114. The Morgan fingerprint density at radius 3 is 2.67 bits per heavy atom. The van der Waals surface area contributed by atoms with Gasteiger partial charge in [0.25, 0.3) is 0 Å². The van der Waals surface area contributed by atoms with Gasteiger partial charge in [0.15, 0.2) is 0 Å². The second kappa shape index (κ2) is 9.30. The van der Waals surface area contributed by atoms with Crippen molar-refractivity contribution in [1.82, 2.24) is 4.90 Å². The standard InChI is InChI=1S/C19H28N2O3/c1-3-5-14-21(17-11-7-6-8-12-17)18(22)16-10-9-13-20(15-16)19(23)24-4-2/h6-8,11-12,16H,3-5,9-10,13-15H2,1-2H3. The lowest BCUT2D eigenvalue weighted by molar-refractivity contribution is -0.123. The molecule has 1 aliphatic rings. The molecular weight excluding hydrogens is 304 g/mol. The van der Waals surface area contributed by atoms with Crippen LogP contribution >= 0.6 is 0 Å². The van der Waals surface area contributed by atoms with E-state index in [-0.39, 0.29) is 17.9 Å². The van der Waals surface area contributed by atoms with Crippen LogP contribution in [0.1, 0.15) is 39.5 Å². The number of benzene rings is 1. The van der Waals surface area contributed by atoms with Gasteiger partial charge < -0.3 is 14.5 Å². The van der Waals surface area contributed by atoms with Crippen LogP contribution in [0, 0.1) is 5.92 Å². The van der Waals surface area contributed by atoms with Crippen LogP contribution in [-0.4, -0.2) is 43.1 Å². The van der Waals surface area contributed by atoms with Crippen molar-refractivity contribution in [2.75, 3.05) is 31.1 Å². The number of carbonyl (C=O) groups is 2. The Morgan fingerprint density at radius 1 is 1.25 bits per heavy atom. The number of likely N-dealkylation sites (tertiary alicyclic amines) is 1. The minimum Gasteiger partial charge on any atom is -0.450 e. The summed E-state index contributed by atoms with van der Waals surface area (Å²) in [6, 6.07) is 9.80. The molecule has 0 aromatic heterocycles. The molecule has 1 atom stereocenters. The number of rotatable bonds is 6. The normalized spacial score (nSPS) is 17.4. The van der Waals surface area contributed by atoms with Gasteiger partial charge in [-0.25, -0.2) is 4.79 Å². The molecule has 1 aromatic rings. The molecular formula is C19H28N2O3. The first kappa shape index (κ1) is 18.3. The summed E-state index contributed by atoms with van der Waals surface area (Å²) in [5.41, 5.74) is 0.934. The van der Waals surface area contributed by atoms with E-state index in [1.165, 1.54) is 0 Å². The van der Waals surface area contributed by atoms with Crippen LogP contribution in [0.5, 0.6) is 0 Å². The Balaban J connectivity index is 2.09. The van der Waals surface area contributed by atoms with Crippen LogP contribution in [0.15, 0.2) is 30.3 Å². The van der Waals surface area contributed by atoms with Crippen LogP contribution < -0.4 is 4.90 Å². The zero-order chi connectivity index (χ0) is 17.4. The van der Waals surface area contributed by atoms with E-state index < -0.39 is 0 Å². The van der Waals surface area contributed by atoms with Crippen molar-refractivity contribution in [1.29, 1.82) is 0 Å². The Labute approximate surface area is 144 Å². The Morgan fingerprint density at radius 2 is 2.00 bits per heavy atom. The van der Waals surface area contributed by atoms with Gasteiger partial charge in [0.05, 0.1) is 12.5 Å². The van der Waals surface area contributed by atoms with E-state index in [4.69, 9.17) is 4.74 Å². The minimum atomic E-state index is -0.310. The van der Waals surface area contributed by atoms with Gasteiger partial charge in [-0.15, -0.1) is 0 Å². The van der Waals surface area contributed by atoms with Crippen molar-refractivity contribution in [3.8, 4) is 0 Å². The molecule has 1 fully saturated rings. The van der Waals surface area contributed by atoms with E-state index in [2.05, 4.69) is 6.92 Å². The molecule has 1 heterocycles. The average molecular weight is 332 g/mol. The number of amides is 2. The van der Waals surface area contributed by atoms with E-state index in [9.17, 15) is 9.59 Å². The molecule has 0 radical (unpaired) electrons. The van der Waals surface area contributed by atoms with Crippen LogP contribution in [0.4, 0.5) is 10.5 Å². The predicted molar refractivity (Wildman–Crippen MR) is 95.0 cm³/mol. The third-order valence-corrected chi connectivity index (χ3v) is 4.37. The van der Waals surface area contributed by atoms with Crippen molar-refractivity contribution in [3.63, 3.8) is 0 Å². The number of nitrogens with zero attached hydrogens (tertiary/aromatic N) is 2. The molecule has 132 valence electrons. The molecule has 0 bridgehead atoms. The highest BCUT2D eigenvalue weighted by atomic mass is 16.6. The molecule has 2 rings (SSSR count). The summed E-state index contributed by atoms with van der Waals surface area (Å²) in [4.78, 5) is 28.6. The summed E-state index contributed by atoms with van der Waals surface area (Å²) in [6.07, 6.45) is 3.36. The summed E-state index contributed by atoms with van der Waals surface area (Å²) in [5.74, 6) is -0.0381. The second-order valence-corrected chi connectivity index (χ2v) is 6.16. The Bertz CT molecular complexity index is 533. The molecule has 1 unspecified atom stereocenters. The number of anilines is 1. The fraction of sp³-hybridized carbons (Fsp3) is 0.579. The maximum absolute atomic E-state index is 13.1. The quantitative estimate of drug-likeness (QED) is 0.798. The lowest BCUT2D eigenvalue weighted by Gasteiger charge is -2.34. The van der Waals surface area contributed by atoms with Crippen LogP contribution in [0.25, 0.3) is 0 Å². The van der Waals surface area contributed by atoms with E-state index in [1.54, 1.807) is 11.8 Å². The van der Waals surface area contributed by atoms with Gasteiger partial charge in [0.2, 0.25) is 5.91 Å². The molecule has 5 heteroatoms. The highest BCUT2D eigenvalue weighted by Crippen LogP contribution is 2.23. The van der Waals surface area contributed by atoms with Gasteiger partial charge >= 0.3 is 6.09 Å². The van der Waals surface area contributed by atoms with Crippen LogP contribution in [-0.2, 0) is 9.53 Å². The first-order valence-corrected chi connectivity index (χ1v) is 8.95. The molecule has 0 aliphatic carbocycles. The van der Waals surface area contributed by atoms with E-state index in [0.717, 1.165) is 37.9 Å². The SMILES string of the molecule is CCCCN(C(=O)C1CCCN(C(=O)OCC)C1)c1ccccc1. The zero-order valence-corrected chi connectivity index (χ0v) is 14.7. The lowest BCUT2D eigenvalue weighted by atomic mass is 9.96. The van der Waals surface area contributed by atoms with Crippen molar-refractivity contribution in [3.05, 3.63) is 30.3 Å². The Kier molecular flexibility index (Phi) is 7.09. The topological polar surface area (TPSA) is 49.9 Å². The highest BCUT2D eigenvalue weighted by molar-refractivity contribution is 5.95. The first-order valence-electron chi connectivity index (χ1n) is 8.95.